The van der Waals surface area contributed by atoms with Crippen LogP contribution in [0.4, 0.5) is 5.69 Å². The van der Waals surface area contributed by atoms with Gasteiger partial charge in [0.1, 0.15) is 17.2 Å². The Kier molecular flexibility index (Phi) is 8.08. The van der Waals surface area contributed by atoms with Gasteiger partial charge in [0.05, 0.1) is 24.8 Å². The number of hydrogen-bond donors (Lipinski definition) is 1. The quantitative estimate of drug-likeness (QED) is 0.615. The summed E-state index contributed by atoms with van der Waals surface area (Å²) in [5.41, 5.74) is 0.251. The highest BCUT2D eigenvalue weighted by Gasteiger charge is 2.24. The second kappa shape index (κ2) is 10.3. The Labute approximate surface area is 177 Å². The van der Waals surface area contributed by atoms with Gasteiger partial charge in [0.2, 0.25) is 10.0 Å². The monoisotopic (exact) mass is 436 g/mol. The highest BCUT2D eigenvalue weighted by molar-refractivity contribution is 7.89. The highest BCUT2D eigenvalue weighted by Crippen LogP contribution is 2.29. The van der Waals surface area contributed by atoms with Crippen LogP contribution in [0.1, 0.15) is 20.8 Å². The first-order valence-corrected chi connectivity index (χ1v) is 11.0. The molecule has 0 radical (unpaired) electrons. The van der Waals surface area contributed by atoms with Gasteiger partial charge < -0.3 is 19.5 Å². The van der Waals surface area contributed by atoms with Crippen LogP contribution >= 0.6 is 0 Å². The molecular weight excluding hydrogens is 408 g/mol. The molecular formula is C21H28N2O6S. The fourth-order valence-corrected chi connectivity index (χ4v) is 4.29. The van der Waals surface area contributed by atoms with Gasteiger partial charge in [0, 0.05) is 13.1 Å². The predicted molar refractivity (Wildman–Crippen MR) is 115 cm³/mol. The number of ether oxygens (including phenoxy) is 3. The van der Waals surface area contributed by atoms with E-state index in [4.69, 9.17) is 14.2 Å². The lowest BCUT2D eigenvalue weighted by Crippen LogP contribution is -2.31. The van der Waals surface area contributed by atoms with Crippen LogP contribution in [0.2, 0.25) is 0 Å². The second-order valence-electron chi connectivity index (χ2n) is 6.38. The summed E-state index contributed by atoms with van der Waals surface area (Å²) in [6.07, 6.45) is -0.828. The fraction of sp³-hybridized carbons (Fsp3) is 0.381. The zero-order valence-corrected chi connectivity index (χ0v) is 18.7. The van der Waals surface area contributed by atoms with Gasteiger partial charge in [-0.1, -0.05) is 13.8 Å². The van der Waals surface area contributed by atoms with Crippen molar-refractivity contribution in [3.63, 3.8) is 0 Å². The summed E-state index contributed by atoms with van der Waals surface area (Å²) in [6, 6.07) is 11.2. The number of rotatable bonds is 10. The van der Waals surface area contributed by atoms with Crippen molar-refractivity contribution in [2.45, 2.75) is 31.8 Å². The summed E-state index contributed by atoms with van der Waals surface area (Å²) in [6.45, 7) is 5.83. The van der Waals surface area contributed by atoms with Crippen molar-refractivity contribution in [3.05, 3.63) is 42.5 Å². The van der Waals surface area contributed by atoms with Gasteiger partial charge in [-0.05, 0) is 49.4 Å². The Bertz CT molecular complexity index is 956. The van der Waals surface area contributed by atoms with E-state index in [2.05, 4.69) is 5.32 Å². The molecule has 0 saturated heterocycles. The average molecular weight is 437 g/mol. The van der Waals surface area contributed by atoms with E-state index in [1.54, 1.807) is 52.1 Å². The molecule has 2 aromatic rings. The minimum absolute atomic E-state index is 0.0750. The molecule has 0 fully saturated rings. The summed E-state index contributed by atoms with van der Waals surface area (Å²) in [7, 11) is -0.668. The molecule has 8 nitrogen and oxygen atoms in total. The molecule has 1 atom stereocenters. The van der Waals surface area contributed by atoms with Gasteiger partial charge >= 0.3 is 0 Å². The Balaban J connectivity index is 2.21. The molecule has 2 aromatic carbocycles. The normalized spacial score (nSPS) is 12.3. The predicted octanol–water partition coefficient (Wildman–Crippen LogP) is 3.14. The van der Waals surface area contributed by atoms with E-state index in [-0.39, 0.29) is 10.6 Å². The lowest BCUT2D eigenvalue weighted by Gasteiger charge is -2.20. The van der Waals surface area contributed by atoms with Gasteiger partial charge in [-0.25, -0.2) is 8.42 Å². The van der Waals surface area contributed by atoms with Gasteiger partial charge in [0.15, 0.2) is 6.10 Å². The maximum Gasteiger partial charge on any atom is 0.265 e. The van der Waals surface area contributed by atoms with E-state index < -0.39 is 22.0 Å². The van der Waals surface area contributed by atoms with E-state index in [9.17, 15) is 13.2 Å². The van der Waals surface area contributed by atoms with Crippen LogP contribution in [0, 0.1) is 0 Å². The molecule has 1 amide bonds. The molecule has 1 N–H and O–H groups in total. The molecule has 0 saturated carbocycles. The number of sulfonamides is 1. The van der Waals surface area contributed by atoms with Crippen LogP contribution in [0.25, 0.3) is 0 Å². The molecule has 0 spiro atoms. The number of benzene rings is 2. The maximum absolute atomic E-state index is 12.8. The first-order chi connectivity index (χ1) is 14.3. The van der Waals surface area contributed by atoms with Crippen molar-refractivity contribution in [1.29, 1.82) is 0 Å². The zero-order valence-electron chi connectivity index (χ0n) is 17.8. The summed E-state index contributed by atoms with van der Waals surface area (Å²) < 4.78 is 43.0. The number of hydrogen-bond acceptors (Lipinski definition) is 6. The van der Waals surface area contributed by atoms with E-state index in [1.807, 2.05) is 0 Å². The third kappa shape index (κ3) is 5.43. The smallest absolute Gasteiger partial charge is 0.265 e. The summed E-state index contributed by atoms with van der Waals surface area (Å²) in [4.78, 5) is 12.7. The van der Waals surface area contributed by atoms with Crippen molar-refractivity contribution < 1.29 is 27.4 Å². The minimum Gasteiger partial charge on any atom is -0.497 e. The molecule has 30 heavy (non-hydrogen) atoms. The number of carbonyl (C=O) groups excluding carboxylic acids is 1. The maximum atomic E-state index is 12.8. The molecule has 0 aliphatic rings. The van der Waals surface area contributed by atoms with Crippen LogP contribution in [0.5, 0.6) is 17.2 Å². The number of anilines is 1. The van der Waals surface area contributed by atoms with Crippen LogP contribution in [0.15, 0.2) is 47.4 Å². The second-order valence-corrected chi connectivity index (χ2v) is 8.31. The van der Waals surface area contributed by atoms with Crippen LogP contribution < -0.4 is 19.5 Å². The van der Waals surface area contributed by atoms with E-state index in [1.165, 1.54) is 29.6 Å². The molecule has 164 valence electrons. The highest BCUT2D eigenvalue weighted by atomic mass is 32.2. The molecule has 2 rings (SSSR count). The third-order valence-corrected chi connectivity index (χ3v) is 6.56. The minimum atomic E-state index is -3.68. The average Bonchev–Trinajstić information content (AvgIpc) is 2.74. The molecule has 9 heteroatoms. The van der Waals surface area contributed by atoms with E-state index in [0.717, 1.165) is 0 Å². The lowest BCUT2D eigenvalue weighted by atomic mass is 10.2. The lowest BCUT2D eigenvalue weighted by molar-refractivity contribution is -0.122. The Hall–Kier alpha value is -2.78. The zero-order chi connectivity index (χ0) is 22.3. The van der Waals surface area contributed by atoms with Gasteiger partial charge in [0.25, 0.3) is 5.91 Å². The van der Waals surface area contributed by atoms with Gasteiger partial charge in [-0.3, -0.25) is 4.79 Å². The third-order valence-electron chi connectivity index (χ3n) is 4.51. The molecule has 0 aliphatic carbocycles. The van der Waals surface area contributed by atoms with Gasteiger partial charge in [-0.15, -0.1) is 0 Å². The topological polar surface area (TPSA) is 94.2 Å². The van der Waals surface area contributed by atoms with Crippen LogP contribution in [-0.2, 0) is 14.8 Å². The van der Waals surface area contributed by atoms with Crippen molar-refractivity contribution in [2.75, 3.05) is 32.6 Å². The Morgan fingerprint density at radius 3 is 2.13 bits per heavy atom. The first kappa shape index (κ1) is 23.5. The SMILES string of the molecule is CCN(CC)S(=O)(=O)c1ccc(OC)c(NC(=O)[C@H](C)Oc2ccc(OC)cc2)c1. The Morgan fingerprint density at radius 1 is 1.00 bits per heavy atom. The Morgan fingerprint density at radius 2 is 1.60 bits per heavy atom. The van der Waals surface area contributed by atoms with Gasteiger partial charge in [-0.2, -0.15) is 4.31 Å². The molecule has 0 heterocycles. The fourth-order valence-electron chi connectivity index (χ4n) is 2.80. The molecule has 0 aliphatic heterocycles. The number of methoxy groups -OCH3 is 2. The van der Waals surface area contributed by atoms with Crippen molar-refractivity contribution in [3.8, 4) is 17.2 Å². The largest absolute Gasteiger partial charge is 0.497 e. The van der Waals surface area contributed by atoms with Crippen LogP contribution in [-0.4, -0.2) is 52.0 Å². The van der Waals surface area contributed by atoms with Crippen molar-refractivity contribution >= 4 is 21.6 Å². The molecule has 0 bridgehead atoms. The van der Waals surface area contributed by atoms with E-state index in [0.29, 0.717) is 30.3 Å². The summed E-state index contributed by atoms with van der Waals surface area (Å²) in [5.74, 6) is 1.08. The van der Waals surface area contributed by atoms with Crippen molar-refractivity contribution in [2.24, 2.45) is 0 Å². The van der Waals surface area contributed by atoms with E-state index >= 15 is 0 Å². The number of carbonyl (C=O) groups is 1. The number of nitrogens with one attached hydrogen (secondary N) is 1. The summed E-state index contributed by atoms with van der Waals surface area (Å²) in [5, 5.41) is 2.69. The number of nitrogens with zero attached hydrogens (tertiary/aromatic N) is 1. The first-order valence-electron chi connectivity index (χ1n) is 9.56. The van der Waals surface area contributed by atoms with Crippen molar-refractivity contribution in [1.82, 2.24) is 4.31 Å². The number of amides is 1. The molecule has 0 unspecified atom stereocenters. The van der Waals surface area contributed by atoms with Crippen LogP contribution in [0.3, 0.4) is 0 Å². The standard InChI is InChI=1S/C21H28N2O6S/c1-6-23(7-2)30(25,26)18-12-13-20(28-5)19(14-18)22-21(24)15(3)29-17-10-8-16(27-4)9-11-17/h8-15H,6-7H2,1-5H3,(H,22,24)/t15-/m0/s1. The molecule has 0 aromatic heterocycles. The summed E-state index contributed by atoms with van der Waals surface area (Å²) >= 11 is 0.